The first-order valence-electron chi connectivity index (χ1n) is 46.3. The molecule has 0 saturated heterocycles. The Balaban J connectivity index is 0. The molecule has 121 heavy (non-hydrogen) atoms. The monoisotopic (exact) mass is 1630 g/mol. The molecule has 660 valence electrons. The number of benzene rings is 12. The Hall–Kier alpha value is -9.50. The zero-order valence-corrected chi connectivity index (χ0v) is 83.9. The predicted molar refractivity (Wildman–Crippen MR) is 557 cm³/mol. The van der Waals surface area contributed by atoms with E-state index in [-0.39, 0.29) is 17.7 Å². The maximum atomic E-state index is 2.45. The molecule has 2 aliphatic rings. The molecule has 0 amide bonds. The fourth-order valence-electron chi connectivity index (χ4n) is 12.8. The lowest BCUT2D eigenvalue weighted by atomic mass is 9.70. The van der Waals surface area contributed by atoms with Gasteiger partial charge in [0.05, 0.1) is 5.41 Å². The van der Waals surface area contributed by atoms with Gasteiger partial charge in [0.15, 0.2) is 0 Å². The van der Waals surface area contributed by atoms with Gasteiger partial charge in [0, 0.05) is 47.7 Å². The van der Waals surface area contributed by atoms with E-state index in [2.05, 4.69) is 478 Å². The van der Waals surface area contributed by atoms with Crippen LogP contribution in [-0.2, 0) is 23.8 Å². The van der Waals surface area contributed by atoms with Crippen LogP contribution in [0.4, 0.5) is 11.4 Å². The summed E-state index contributed by atoms with van der Waals surface area (Å²) in [5.41, 5.74) is 22.8. The number of hydrogen-bond acceptors (Lipinski definition) is 1. The second-order valence-electron chi connectivity index (χ2n) is 36.0. The zero-order chi connectivity index (χ0) is 92.2. The fraction of sp³-hybridized carbons (Fsp3) is 0.412. The van der Waals surface area contributed by atoms with Crippen LogP contribution in [0.2, 0.25) is 0 Å². The Bertz CT molecular complexity index is 4420. The highest BCUT2D eigenvalue weighted by Crippen LogP contribution is 2.62. The van der Waals surface area contributed by atoms with Crippen LogP contribution in [-0.4, -0.2) is 11.1 Å². The molecule has 1 heterocycles. The molecule has 2 nitrogen and oxygen atoms in total. The molecule has 12 aromatic carbocycles. The lowest BCUT2D eigenvalue weighted by Gasteiger charge is -2.32. The summed E-state index contributed by atoms with van der Waals surface area (Å²) in [5, 5.41) is 5.34. The van der Waals surface area contributed by atoms with E-state index in [4.69, 9.17) is 0 Å². The first kappa shape index (κ1) is 112. The second kappa shape index (κ2) is 57.7. The van der Waals surface area contributed by atoms with Crippen LogP contribution in [0, 0.1) is 34.0 Å². The number of anilines is 2. The Labute approximate surface area is 747 Å². The van der Waals surface area contributed by atoms with E-state index < -0.39 is 0 Å². The van der Waals surface area contributed by atoms with Crippen LogP contribution < -0.4 is 4.90 Å². The van der Waals surface area contributed by atoms with Gasteiger partial charge in [-0.3, -0.25) is 0 Å². The van der Waals surface area contributed by atoms with E-state index in [9.17, 15) is 0 Å². The molecule has 0 fully saturated rings. The third-order valence-electron chi connectivity index (χ3n) is 19.0. The first-order chi connectivity index (χ1) is 57.6. The van der Waals surface area contributed by atoms with Crippen LogP contribution in [0.3, 0.4) is 0 Å². The number of hydrogen-bond donors (Lipinski definition) is 0. The number of nitrogens with zero attached hydrogens (tertiary/aromatic N) is 2. The molecular weight excluding hydrogens is 1460 g/mol. The largest absolute Gasteiger partial charge is 0.341 e. The first-order valence-corrected chi connectivity index (χ1v) is 46.3. The SMILES string of the molecule is CC.CC.CC.CC.CC.CC.CC.CC(C)(C)C.CC(C)(C)CN(c1ccccc1)c1ccccc1.CC(C)(C)Cn1c2ccccc2c2ccccc21.CC(C)(C)c1ccccc1.CCC(C)(C)C.CCC(C)(C)C.CCc1ccccc1C.[2HH].c1ccc2c(c1)-c1ccccc1C21c2ccccc2-c2ccccc21.c1ccc2ccccc2c1. The lowest BCUT2D eigenvalue weighted by molar-refractivity contribution is 0.354. The maximum absolute atomic E-state index is 2.45. The molecular formula is C119H174N2. The van der Waals surface area contributed by atoms with Gasteiger partial charge in [0.2, 0.25) is 0 Å². The van der Waals surface area contributed by atoms with Gasteiger partial charge < -0.3 is 9.47 Å². The van der Waals surface area contributed by atoms with E-state index in [1.807, 2.05) is 96.9 Å². The Kier molecular flexibility index (Phi) is 53.2. The van der Waals surface area contributed by atoms with E-state index in [0.29, 0.717) is 21.7 Å². The van der Waals surface area contributed by atoms with Crippen LogP contribution >= 0.6 is 0 Å². The molecule has 0 bridgehead atoms. The van der Waals surface area contributed by atoms with Crippen LogP contribution in [0.25, 0.3) is 54.8 Å². The molecule has 0 unspecified atom stereocenters. The van der Waals surface area contributed by atoms with Gasteiger partial charge in [-0.1, -0.05) is 535 Å². The highest BCUT2D eigenvalue weighted by molar-refractivity contribution is 6.08. The summed E-state index contributed by atoms with van der Waals surface area (Å²) in [7, 11) is 0. The van der Waals surface area contributed by atoms with E-state index in [1.54, 1.807) is 0 Å². The second-order valence-corrected chi connectivity index (χ2v) is 36.0. The number of aryl methyl sites for hydroxylation is 2. The molecule has 2 heteroatoms. The third kappa shape index (κ3) is 37.8. The molecule has 1 aromatic heterocycles. The van der Waals surface area contributed by atoms with E-state index in [1.165, 1.54) is 118 Å². The predicted octanol–water partition coefficient (Wildman–Crippen LogP) is 38.5. The molecule has 0 saturated carbocycles. The number of rotatable bonds is 5. The average molecular weight is 1630 g/mol. The quantitative estimate of drug-likeness (QED) is 0.167. The molecule has 2 aliphatic carbocycles. The molecule has 0 aliphatic heterocycles. The standard InChI is InChI=1S/C25H16.C17H19N.C17H21N.C10H8.C10H14.C9H12.2C6H14.C5H12.7C2H6.H2/c1-5-13-21-17(9-1)18-10-2-6-14-22(18)25(21)23-15-7-3-11-19(23)20-12-4-8-16-24(20)25;1-17(2,3)12-18-15-10-6-4-8-13(15)14-9-5-7-11-16(14)18;1-17(2,3)14-18(15-10-6-4-7-11-15)16-12-8-5-9-13-16;1-2-6-10-8-4-3-7-9(10)5-1;1-10(2,3)9-7-5-4-6-8-9;1-3-9-7-5-4-6-8(9)2;2*1-5-6(2,3)4;1-5(2,3)4;7*1-2;/h1-16H;4-11H,12H2,1-3H3;4-13H,14H2,1-3H3;1-8H;4-8H,1-3H3;4-7H,3H2,1-2H3;2*5H2,1-4H3;1-4H3;7*1-2H3;1H/i;;;;;;;;;;;;;;;;1+1. The van der Waals surface area contributed by atoms with Crippen molar-refractivity contribution in [3.8, 4) is 22.3 Å². The molecule has 0 N–H and O–H groups in total. The van der Waals surface area contributed by atoms with Crippen molar-refractivity contribution in [1.29, 1.82) is 0 Å². The minimum atomic E-state index is -0.180. The lowest BCUT2D eigenvalue weighted by Crippen LogP contribution is -2.28. The summed E-state index contributed by atoms with van der Waals surface area (Å²) in [6, 6.07) is 110. The van der Waals surface area contributed by atoms with Gasteiger partial charge in [-0.2, -0.15) is 0 Å². The van der Waals surface area contributed by atoms with Crippen LogP contribution in [0.1, 0.15) is 302 Å². The molecule has 13 aromatic rings. The molecule has 0 atom stereocenters. The van der Waals surface area contributed by atoms with Crippen molar-refractivity contribution in [2.75, 3.05) is 11.4 Å². The third-order valence-corrected chi connectivity index (χ3v) is 19.0. The smallest absolute Gasteiger partial charge is 0.0725 e. The van der Waals surface area contributed by atoms with Crippen LogP contribution in [0.5, 0.6) is 0 Å². The molecule has 15 rings (SSSR count). The van der Waals surface area contributed by atoms with Crippen LogP contribution in [0.15, 0.2) is 309 Å². The van der Waals surface area contributed by atoms with Gasteiger partial charge in [0.1, 0.15) is 0 Å². The van der Waals surface area contributed by atoms with Crippen molar-refractivity contribution in [2.45, 2.75) is 293 Å². The molecule has 0 radical (unpaired) electrons. The van der Waals surface area contributed by atoms with Crippen molar-refractivity contribution < 1.29 is 1.43 Å². The van der Waals surface area contributed by atoms with Crippen molar-refractivity contribution in [2.24, 2.45) is 27.1 Å². The topological polar surface area (TPSA) is 8.17 Å². The summed E-state index contributed by atoms with van der Waals surface area (Å²) >= 11 is 0. The minimum Gasteiger partial charge on any atom is -0.341 e. The van der Waals surface area contributed by atoms with Gasteiger partial charge in [-0.15, -0.1) is 0 Å². The number of aromatic nitrogens is 1. The number of para-hydroxylation sites is 4. The average Bonchev–Trinajstić information content (AvgIpc) is 1.51. The number of fused-ring (bicyclic) bond motifs is 14. The fourth-order valence-corrected chi connectivity index (χ4v) is 12.8. The molecule has 1 spiro atoms. The zero-order valence-electron chi connectivity index (χ0n) is 83.9. The summed E-state index contributed by atoms with van der Waals surface area (Å²) in [4.78, 5) is 2.38. The van der Waals surface area contributed by atoms with Crippen molar-refractivity contribution in [3.05, 3.63) is 348 Å². The highest BCUT2D eigenvalue weighted by Gasteiger charge is 2.51. The van der Waals surface area contributed by atoms with Crippen molar-refractivity contribution >= 4 is 44.0 Å². The highest BCUT2D eigenvalue weighted by atomic mass is 15.1. The Morgan fingerprint density at radius 3 is 0.777 bits per heavy atom. The van der Waals surface area contributed by atoms with Crippen molar-refractivity contribution in [3.63, 3.8) is 0 Å². The maximum Gasteiger partial charge on any atom is 0.0725 e. The van der Waals surface area contributed by atoms with Gasteiger partial charge in [0.25, 0.3) is 0 Å². The van der Waals surface area contributed by atoms with E-state index >= 15 is 0 Å². The Morgan fingerprint density at radius 2 is 0.529 bits per heavy atom. The van der Waals surface area contributed by atoms with Gasteiger partial charge >= 0.3 is 0 Å². The normalized spacial score (nSPS) is 11.1. The summed E-state index contributed by atoms with van der Waals surface area (Å²) < 4.78 is 2.45. The minimum absolute atomic E-state index is 0. The summed E-state index contributed by atoms with van der Waals surface area (Å²) in [6.45, 7) is 81.4. The van der Waals surface area contributed by atoms with Crippen molar-refractivity contribution in [1.82, 2.24) is 4.57 Å². The summed E-state index contributed by atoms with van der Waals surface area (Å²) in [5.74, 6) is 0. The van der Waals surface area contributed by atoms with E-state index in [0.717, 1.165) is 19.5 Å². The van der Waals surface area contributed by atoms with Gasteiger partial charge in [-0.05, 0) is 154 Å². The Morgan fingerprint density at radius 1 is 0.281 bits per heavy atom. The summed E-state index contributed by atoms with van der Waals surface area (Å²) in [6.07, 6.45) is 3.69. The van der Waals surface area contributed by atoms with Gasteiger partial charge in [-0.25, -0.2) is 0 Å².